The lowest BCUT2D eigenvalue weighted by molar-refractivity contribution is -0.00272. The molecule has 1 aliphatic rings. The van der Waals surface area contributed by atoms with E-state index in [4.69, 9.17) is 4.74 Å². The summed E-state index contributed by atoms with van der Waals surface area (Å²) in [6, 6.07) is 1.73. The third kappa shape index (κ3) is 2.32. The zero-order valence-electron chi connectivity index (χ0n) is 9.74. The lowest BCUT2D eigenvalue weighted by Crippen LogP contribution is -2.46. The van der Waals surface area contributed by atoms with Gasteiger partial charge in [-0.2, -0.15) is 4.39 Å². The van der Waals surface area contributed by atoms with Gasteiger partial charge in [0.2, 0.25) is 5.95 Å². The van der Waals surface area contributed by atoms with Crippen molar-refractivity contribution in [2.75, 3.05) is 13.1 Å². The molecule has 0 aromatic carbocycles. The second-order valence-corrected chi connectivity index (χ2v) is 4.08. The van der Waals surface area contributed by atoms with Gasteiger partial charge in [-0.3, -0.25) is 4.90 Å². The number of pyridine rings is 1. The minimum absolute atomic E-state index is 0.0470. The maximum Gasteiger partial charge on any atom is 0.216 e. The molecule has 1 unspecified atom stereocenters. The number of nitrogens with zero attached hydrogens (tertiary/aromatic N) is 2. The molecule has 2 heterocycles. The predicted molar refractivity (Wildman–Crippen MR) is 59.9 cm³/mol. The standard InChI is InChI=1S/C12H17FN2O/c1-3-10-7-11(8-14-12(10)13)16-9(2)15-5-4-6-15/h7-9H,3-6H2,1-2H3. The van der Waals surface area contributed by atoms with E-state index in [2.05, 4.69) is 9.88 Å². The van der Waals surface area contributed by atoms with Crippen molar-refractivity contribution in [1.82, 2.24) is 9.88 Å². The first kappa shape index (κ1) is 11.3. The van der Waals surface area contributed by atoms with Gasteiger partial charge >= 0.3 is 0 Å². The highest BCUT2D eigenvalue weighted by molar-refractivity contribution is 5.24. The topological polar surface area (TPSA) is 25.4 Å². The van der Waals surface area contributed by atoms with Crippen LogP contribution in [0.1, 0.15) is 25.8 Å². The Hall–Kier alpha value is -1.16. The molecular weight excluding hydrogens is 207 g/mol. The molecule has 0 spiro atoms. The summed E-state index contributed by atoms with van der Waals surface area (Å²) in [5.74, 6) is 0.254. The summed E-state index contributed by atoms with van der Waals surface area (Å²) in [4.78, 5) is 5.93. The van der Waals surface area contributed by atoms with Crippen LogP contribution in [-0.4, -0.2) is 29.2 Å². The summed E-state index contributed by atoms with van der Waals surface area (Å²) < 4.78 is 18.9. The predicted octanol–water partition coefficient (Wildman–Crippen LogP) is 2.21. The summed E-state index contributed by atoms with van der Waals surface area (Å²) in [6.07, 6.45) is 3.36. The second kappa shape index (κ2) is 4.78. The fourth-order valence-electron chi connectivity index (χ4n) is 1.76. The van der Waals surface area contributed by atoms with Crippen molar-refractivity contribution in [3.63, 3.8) is 0 Å². The fraction of sp³-hybridized carbons (Fsp3) is 0.583. The molecule has 0 N–H and O–H groups in total. The molecule has 16 heavy (non-hydrogen) atoms. The van der Waals surface area contributed by atoms with Gasteiger partial charge < -0.3 is 4.74 Å². The van der Waals surface area contributed by atoms with E-state index in [-0.39, 0.29) is 6.23 Å². The molecule has 88 valence electrons. The van der Waals surface area contributed by atoms with Crippen molar-refractivity contribution in [3.8, 4) is 5.75 Å². The van der Waals surface area contributed by atoms with Gasteiger partial charge in [-0.25, -0.2) is 4.98 Å². The molecule has 0 aliphatic carbocycles. The zero-order valence-corrected chi connectivity index (χ0v) is 9.74. The Bertz CT molecular complexity index is 366. The Morgan fingerprint density at radius 2 is 2.31 bits per heavy atom. The summed E-state index contributed by atoms with van der Waals surface area (Å²) in [5.41, 5.74) is 0.605. The van der Waals surface area contributed by atoms with Crippen LogP contribution in [-0.2, 0) is 6.42 Å². The Balaban J connectivity index is 2.03. The van der Waals surface area contributed by atoms with Crippen molar-refractivity contribution in [1.29, 1.82) is 0 Å². The van der Waals surface area contributed by atoms with E-state index in [0.29, 0.717) is 17.7 Å². The van der Waals surface area contributed by atoms with E-state index in [1.165, 1.54) is 12.6 Å². The highest BCUT2D eigenvalue weighted by atomic mass is 19.1. The largest absolute Gasteiger partial charge is 0.474 e. The Morgan fingerprint density at radius 1 is 1.56 bits per heavy atom. The first-order chi connectivity index (χ1) is 7.70. The van der Waals surface area contributed by atoms with E-state index < -0.39 is 5.95 Å². The van der Waals surface area contributed by atoms with Crippen LogP contribution in [0, 0.1) is 5.95 Å². The monoisotopic (exact) mass is 224 g/mol. The van der Waals surface area contributed by atoms with Crippen molar-refractivity contribution < 1.29 is 9.13 Å². The summed E-state index contributed by atoms with van der Waals surface area (Å²) in [7, 11) is 0. The van der Waals surface area contributed by atoms with Crippen LogP contribution in [0.3, 0.4) is 0 Å². The van der Waals surface area contributed by atoms with Gasteiger partial charge in [-0.15, -0.1) is 0 Å². The number of hydrogen-bond donors (Lipinski definition) is 0. The van der Waals surface area contributed by atoms with Gasteiger partial charge in [0.1, 0.15) is 12.0 Å². The fourth-order valence-corrected chi connectivity index (χ4v) is 1.76. The van der Waals surface area contributed by atoms with Gasteiger partial charge in [0.15, 0.2) is 0 Å². The third-order valence-electron chi connectivity index (χ3n) is 2.98. The zero-order chi connectivity index (χ0) is 11.5. The molecule has 0 radical (unpaired) electrons. The van der Waals surface area contributed by atoms with Crippen LogP contribution in [0.15, 0.2) is 12.3 Å². The van der Waals surface area contributed by atoms with E-state index in [1.807, 2.05) is 13.8 Å². The quantitative estimate of drug-likeness (QED) is 0.733. The van der Waals surface area contributed by atoms with Crippen LogP contribution in [0.2, 0.25) is 0 Å². The van der Waals surface area contributed by atoms with Gasteiger partial charge in [0.05, 0.1) is 6.20 Å². The van der Waals surface area contributed by atoms with Gasteiger partial charge in [0, 0.05) is 18.7 Å². The highest BCUT2D eigenvalue weighted by Gasteiger charge is 2.21. The van der Waals surface area contributed by atoms with E-state index >= 15 is 0 Å². The molecule has 0 bridgehead atoms. The molecule has 1 atom stereocenters. The average Bonchev–Trinajstić information content (AvgIpc) is 2.18. The number of likely N-dealkylation sites (tertiary alicyclic amines) is 1. The molecule has 1 aliphatic heterocycles. The molecule has 4 heteroatoms. The van der Waals surface area contributed by atoms with Crippen LogP contribution in [0.4, 0.5) is 4.39 Å². The molecule has 1 saturated heterocycles. The molecule has 0 saturated carbocycles. The van der Waals surface area contributed by atoms with Crippen molar-refractivity contribution in [2.24, 2.45) is 0 Å². The van der Waals surface area contributed by atoms with Crippen LogP contribution in [0.5, 0.6) is 5.75 Å². The first-order valence-corrected chi connectivity index (χ1v) is 5.76. The van der Waals surface area contributed by atoms with Gasteiger partial charge in [-0.1, -0.05) is 6.92 Å². The SMILES string of the molecule is CCc1cc(OC(C)N2CCC2)cnc1F. The summed E-state index contributed by atoms with van der Waals surface area (Å²) >= 11 is 0. The molecule has 1 fully saturated rings. The second-order valence-electron chi connectivity index (χ2n) is 4.08. The lowest BCUT2D eigenvalue weighted by atomic mass is 10.2. The molecule has 2 rings (SSSR count). The number of aromatic nitrogens is 1. The minimum Gasteiger partial charge on any atom is -0.474 e. The number of ether oxygens (including phenoxy) is 1. The molecule has 3 nitrogen and oxygen atoms in total. The van der Waals surface area contributed by atoms with Crippen molar-refractivity contribution in [2.45, 2.75) is 32.9 Å². The summed E-state index contributed by atoms with van der Waals surface area (Å²) in [6.45, 7) is 6.07. The summed E-state index contributed by atoms with van der Waals surface area (Å²) in [5, 5.41) is 0. The minimum atomic E-state index is -0.397. The molecule has 0 amide bonds. The van der Waals surface area contributed by atoms with Crippen LogP contribution in [0.25, 0.3) is 0 Å². The average molecular weight is 224 g/mol. The molecule has 1 aromatic heterocycles. The van der Waals surface area contributed by atoms with E-state index in [0.717, 1.165) is 13.1 Å². The van der Waals surface area contributed by atoms with E-state index in [9.17, 15) is 4.39 Å². The highest BCUT2D eigenvalue weighted by Crippen LogP contribution is 2.19. The van der Waals surface area contributed by atoms with Crippen molar-refractivity contribution >= 4 is 0 Å². The Morgan fingerprint density at radius 3 is 2.88 bits per heavy atom. The normalized spacial score (nSPS) is 17.9. The maximum absolute atomic E-state index is 13.2. The third-order valence-corrected chi connectivity index (χ3v) is 2.98. The number of aryl methyl sites for hydroxylation is 1. The first-order valence-electron chi connectivity index (χ1n) is 5.76. The van der Waals surface area contributed by atoms with Gasteiger partial charge in [-0.05, 0) is 25.8 Å². The Kier molecular flexibility index (Phi) is 3.39. The number of hydrogen-bond acceptors (Lipinski definition) is 3. The van der Waals surface area contributed by atoms with E-state index in [1.54, 1.807) is 6.07 Å². The smallest absolute Gasteiger partial charge is 0.216 e. The number of halogens is 1. The van der Waals surface area contributed by atoms with Crippen LogP contribution < -0.4 is 4.74 Å². The lowest BCUT2D eigenvalue weighted by Gasteiger charge is -2.36. The molecule has 1 aromatic rings. The van der Waals surface area contributed by atoms with Crippen molar-refractivity contribution in [3.05, 3.63) is 23.8 Å². The molecular formula is C12H17FN2O. The number of rotatable bonds is 4. The maximum atomic E-state index is 13.2. The van der Waals surface area contributed by atoms with Gasteiger partial charge in [0.25, 0.3) is 0 Å². The Labute approximate surface area is 95.2 Å². The van der Waals surface area contributed by atoms with Crippen LogP contribution >= 0.6 is 0 Å².